The van der Waals surface area contributed by atoms with Gasteiger partial charge in [0.1, 0.15) is 0 Å². The largest absolute Gasteiger partial charge is 0.388 e. The van der Waals surface area contributed by atoms with Crippen LogP contribution in [0.25, 0.3) is 0 Å². The third kappa shape index (κ3) is 2.04. The van der Waals surface area contributed by atoms with Crippen molar-refractivity contribution in [1.82, 2.24) is 0 Å². The summed E-state index contributed by atoms with van der Waals surface area (Å²) in [6.45, 7) is 2.77. The van der Waals surface area contributed by atoms with Crippen molar-refractivity contribution in [1.29, 1.82) is 0 Å². The predicted molar refractivity (Wildman–Crippen MR) is 69.0 cm³/mol. The molecule has 0 aliphatic heterocycles. The highest BCUT2D eigenvalue weighted by Crippen LogP contribution is 2.52. The Morgan fingerprint density at radius 2 is 2.25 bits per heavy atom. The van der Waals surface area contributed by atoms with Gasteiger partial charge in [0.05, 0.1) is 6.10 Å². The summed E-state index contributed by atoms with van der Waals surface area (Å²) in [4.78, 5) is 0. The molecule has 2 rings (SSSR count). The van der Waals surface area contributed by atoms with E-state index in [0.717, 1.165) is 22.9 Å². The summed E-state index contributed by atoms with van der Waals surface area (Å²) in [6.07, 6.45) is 1.61. The highest BCUT2D eigenvalue weighted by Gasteiger charge is 2.46. The first-order chi connectivity index (χ1) is 7.57. The van der Waals surface area contributed by atoms with E-state index in [4.69, 9.17) is 5.73 Å². The molecule has 1 aromatic rings. The van der Waals surface area contributed by atoms with Gasteiger partial charge in [-0.15, -0.1) is 0 Å². The molecule has 16 heavy (non-hydrogen) atoms. The van der Waals surface area contributed by atoms with Crippen LogP contribution in [0.4, 0.5) is 0 Å². The van der Waals surface area contributed by atoms with Crippen LogP contribution in [0.2, 0.25) is 0 Å². The smallest absolute Gasteiger partial charge is 0.0858 e. The molecule has 0 amide bonds. The SMILES string of the molecule is CC1CC(CN)(C(O)c2cccc(Br)c2)C1. The molecule has 1 aliphatic rings. The lowest BCUT2D eigenvalue weighted by Gasteiger charge is -2.49. The van der Waals surface area contributed by atoms with Crippen LogP contribution in [0.15, 0.2) is 28.7 Å². The Bertz CT molecular complexity index is 374. The Morgan fingerprint density at radius 3 is 2.75 bits per heavy atom. The lowest BCUT2D eigenvalue weighted by atomic mass is 9.58. The van der Waals surface area contributed by atoms with Gasteiger partial charge in [-0.3, -0.25) is 0 Å². The fourth-order valence-electron chi connectivity index (χ4n) is 2.86. The van der Waals surface area contributed by atoms with Gasteiger partial charge in [-0.1, -0.05) is 35.0 Å². The summed E-state index contributed by atoms with van der Waals surface area (Å²) in [5.74, 6) is 0.686. The van der Waals surface area contributed by atoms with E-state index in [0.29, 0.717) is 12.5 Å². The molecular weight excluding hydrogens is 266 g/mol. The van der Waals surface area contributed by atoms with Gasteiger partial charge >= 0.3 is 0 Å². The number of halogens is 1. The molecule has 0 radical (unpaired) electrons. The molecule has 1 aliphatic carbocycles. The topological polar surface area (TPSA) is 46.2 Å². The van der Waals surface area contributed by atoms with Gasteiger partial charge in [0.25, 0.3) is 0 Å². The second-order valence-corrected chi connectivity index (χ2v) is 5.95. The Hall–Kier alpha value is -0.380. The normalized spacial score (nSPS) is 30.9. The van der Waals surface area contributed by atoms with Crippen molar-refractivity contribution in [3.63, 3.8) is 0 Å². The molecule has 0 aromatic heterocycles. The minimum absolute atomic E-state index is 0.0970. The Morgan fingerprint density at radius 1 is 1.56 bits per heavy atom. The van der Waals surface area contributed by atoms with Crippen LogP contribution in [-0.4, -0.2) is 11.7 Å². The van der Waals surface area contributed by atoms with Crippen LogP contribution in [0.1, 0.15) is 31.4 Å². The van der Waals surface area contributed by atoms with Gasteiger partial charge in [-0.2, -0.15) is 0 Å². The molecule has 3 heteroatoms. The molecular formula is C13H18BrNO. The quantitative estimate of drug-likeness (QED) is 0.896. The molecule has 1 unspecified atom stereocenters. The summed E-state index contributed by atoms with van der Waals surface area (Å²) >= 11 is 3.43. The zero-order chi connectivity index (χ0) is 11.8. The number of nitrogens with two attached hydrogens (primary N) is 1. The van der Waals surface area contributed by atoms with Crippen molar-refractivity contribution in [2.24, 2.45) is 17.1 Å². The van der Waals surface area contributed by atoms with Crippen molar-refractivity contribution in [3.05, 3.63) is 34.3 Å². The third-order valence-corrected chi connectivity index (χ3v) is 4.15. The molecule has 0 saturated heterocycles. The first-order valence-corrected chi connectivity index (χ1v) is 6.50. The van der Waals surface area contributed by atoms with Gasteiger partial charge < -0.3 is 10.8 Å². The number of hydrogen-bond donors (Lipinski definition) is 2. The molecule has 1 atom stereocenters. The maximum Gasteiger partial charge on any atom is 0.0858 e. The maximum absolute atomic E-state index is 10.4. The maximum atomic E-state index is 10.4. The van der Waals surface area contributed by atoms with Gasteiger partial charge in [0.2, 0.25) is 0 Å². The van der Waals surface area contributed by atoms with E-state index < -0.39 is 6.10 Å². The summed E-state index contributed by atoms with van der Waals surface area (Å²) < 4.78 is 1.00. The standard InChI is InChI=1S/C13H18BrNO/c1-9-6-13(7-9,8-15)12(16)10-3-2-4-11(14)5-10/h2-5,9,12,16H,6-8,15H2,1H3. The van der Waals surface area contributed by atoms with Gasteiger partial charge in [-0.05, 0) is 36.5 Å². The van der Waals surface area contributed by atoms with Crippen LogP contribution in [0, 0.1) is 11.3 Å². The van der Waals surface area contributed by atoms with Crippen LogP contribution >= 0.6 is 15.9 Å². The van der Waals surface area contributed by atoms with E-state index >= 15 is 0 Å². The van der Waals surface area contributed by atoms with Crippen LogP contribution in [0.5, 0.6) is 0 Å². The fraction of sp³-hybridized carbons (Fsp3) is 0.538. The highest BCUT2D eigenvalue weighted by molar-refractivity contribution is 9.10. The van der Waals surface area contributed by atoms with Crippen molar-refractivity contribution >= 4 is 15.9 Å². The van der Waals surface area contributed by atoms with E-state index in [-0.39, 0.29) is 5.41 Å². The van der Waals surface area contributed by atoms with E-state index in [1.165, 1.54) is 0 Å². The van der Waals surface area contributed by atoms with Crippen LogP contribution in [0.3, 0.4) is 0 Å². The van der Waals surface area contributed by atoms with Crippen LogP contribution in [-0.2, 0) is 0 Å². The molecule has 1 aromatic carbocycles. The second-order valence-electron chi connectivity index (χ2n) is 5.04. The highest BCUT2D eigenvalue weighted by atomic mass is 79.9. The summed E-state index contributed by atoms with van der Waals surface area (Å²) in [6, 6.07) is 7.87. The summed E-state index contributed by atoms with van der Waals surface area (Å²) in [7, 11) is 0. The molecule has 3 N–H and O–H groups in total. The minimum Gasteiger partial charge on any atom is -0.388 e. The first kappa shape index (κ1) is 12.1. The van der Waals surface area contributed by atoms with Crippen LogP contribution < -0.4 is 5.73 Å². The first-order valence-electron chi connectivity index (χ1n) is 5.71. The van der Waals surface area contributed by atoms with Gasteiger partial charge in [0, 0.05) is 16.4 Å². The van der Waals surface area contributed by atoms with E-state index in [2.05, 4.69) is 22.9 Å². The van der Waals surface area contributed by atoms with Gasteiger partial charge in [0.15, 0.2) is 0 Å². The molecule has 2 nitrogen and oxygen atoms in total. The number of benzene rings is 1. The Labute approximate surface area is 105 Å². The van der Waals surface area contributed by atoms with E-state index in [1.54, 1.807) is 0 Å². The average molecular weight is 284 g/mol. The molecule has 0 heterocycles. The number of rotatable bonds is 3. The molecule has 88 valence electrons. The van der Waals surface area contributed by atoms with E-state index in [1.807, 2.05) is 24.3 Å². The lowest BCUT2D eigenvalue weighted by Crippen LogP contribution is -2.46. The number of aliphatic hydroxyl groups is 1. The second kappa shape index (κ2) is 4.47. The lowest BCUT2D eigenvalue weighted by molar-refractivity contribution is -0.0602. The summed E-state index contributed by atoms with van der Waals surface area (Å²) in [5, 5.41) is 10.4. The van der Waals surface area contributed by atoms with Crippen molar-refractivity contribution in [3.8, 4) is 0 Å². The zero-order valence-corrected chi connectivity index (χ0v) is 11.1. The third-order valence-electron chi connectivity index (χ3n) is 3.66. The Balaban J connectivity index is 2.21. The van der Waals surface area contributed by atoms with Crippen molar-refractivity contribution < 1.29 is 5.11 Å². The molecule has 0 spiro atoms. The predicted octanol–water partition coefficient (Wildman–Crippen LogP) is 2.86. The summed E-state index contributed by atoms with van der Waals surface area (Å²) in [5.41, 5.74) is 6.70. The Kier molecular flexibility index (Phi) is 3.38. The molecule has 1 fully saturated rings. The molecule has 1 saturated carbocycles. The minimum atomic E-state index is -0.439. The number of hydrogen-bond acceptors (Lipinski definition) is 2. The zero-order valence-electron chi connectivity index (χ0n) is 9.49. The average Bonchev–Trinajstić information content (AvgIpc) is 2.23. The van der Waals surface area contributed by atoms with Crippen molar-refractivity contribution in [2.45, 2.75) is 25.9 Å². The van der Waals surface area contributed by atoms with Gasteiger partial charge in [-0.25, -0.2) is 0 Å². The monoisotopic (exact) mass is 283 g/mol. The fourth-order valence-corrected chi connectivity index (χ4v) is 3.28. The number of aliphatic hydroxyl groups excluding tert-OH is 1. The molecule has 0 bridgehead atoms. The van der Waals surface area contributed by atoms with Crippen molar-refractivity contribution in [2.75, 3.05) is 6.54 Å². The van der Waals surface area contributed by atoms with E-state index in [9.17, 15) is 5.11 Å².